The van der Waals surface area contributed by atoms with E-state index in [1.807, 2.05) is 34.6 Å². The minimum Gasteiger partial charge on any atom is -0.495 e. The number of ether oxygens (including phenoxy) is 3. The van der Waals surface area contributed by atoms with Gasteiger partial charge >= 0.3 is 12.1 Å². The second-order valence-electron chi connectivity index (χ2n) is 16.8. The average Bonchev–Trinajstić information content (AvgIpc) is 3.80. The Hall–Kier alpha value is -5.05. The molecule has 1 aromatic carbocycles. The highest BCUT2D eigenvalue weighted by molar-refractivity contribution is 6.36. The maximum atomic E-state index is 14.6. The Kier molecular flexibility index (Phi) is 10.4. The second kappa shape index (κ2) is 14.8. The summed E-state index contributed by atoms with van der Waals surface area (Å²) in [6.45, 7) is 13.0. The van der Waals surface area contributed by atoms with Gasteiger partial charge < -0.3 is 44.6 Å². The number of methoxy groups -OCH3 is 1. The number of nitrogens with one attached hydrogen (secondary N) is 3. The first-order valence-corrected chi connectivity index (χ1v) is 19.4. The molecule has 0 radical (unpaired) electrons. The van der Waals surface area contributed by atoms with Crippen LogP contribution in [-0.2, 0) is 19.1 Å². The third kappa shape index (κ3) is 7.69. The topological polar surface area (TPSA) is 194 Å². The number of carboxylic acids is 1. The first-order valence-electron chi connectivity index (χ1n) is 19.0. The van der Waals surface area contributed by atoms with Gasteiger partial charge in [-0.15, -0.1) is 6.58 Å². The van der Waals surface area contributed by atoms with Crippen LogP contribution in [0.2, 0.25) is 5.02 Å². The molecule has 4 aliphatic rings. The number of likely N-dealkylation sites (tertiary alicyclic amines) is 1. The standard InChI is InChI=1S/C40H49ClN6O9/c1-8-22-16-40(22,36(50)51)46-34(48)28-14-24(17-47(28)35(49)33(39(4,5)6)45-38(52)56-23-12-20-11-21(20)13-23)55-30-15-26(27-18-54-37(44-27)42-19(2)3)43-32-25(30)9-10-29(53-7)31(32)41/h8-10,15,18-24,28,33H,1,11-14,16-17H2,2-7H3,(H,42,44)(H,45,52)(H,46,48)(H,50,51)/t20-,21+,22-,23?,24-,28+,33?,40-/m1/s1. The lowest BCUT2D eigenvalue weighted by atomic mass is 9.85. The summed E-state index contributed by atoms with van der Waals surface area (Å²) in [6.07, 6.45) is 4.26. The van der Waals surface area contributed by atoms with E-state index in [1.54, 1.807) is 18.2 Å². The number of pyridine rings is 1. The van der Waals surface area contributed by atoms with Crippen molar-refractivity contribution in [3.63, 3.8) is 0 Å². The molecule has 56 heavy (non-hydrogen) atoms. The Labute approximate surface area is 329 Å². The molecule has 7 rings (SSSR count). The number of halogens is 1. The van der Waals surface area contributed by atoms with Crippen molar-refractivity contribution in [2.75, 3.05) is 19.0 Å². The number of hydrogen-bond donors (Lipinski definition) is 4. The van der Waals surface area contributed by atoms with E-state index < -0.39 is 58.9 Å². The lowest BCUT2D eigenvalue weighted by Gasteiger charge is -2.35. The molecule has 16 heteroatoms. The molecule has 3 aromatic rings. The summed E-state index contributed by atoms with van der Waals surface area (Å²) >= 11 is 6.79. The van der Waals surface area contributed by atoms with E-state index in [0.29, 0.717) is 51.6 Å². The quantitative estimate of drug-likeness (QED) is 0.152. The van der Waals surface area contributed by atoms with E-state index in [9.17, 15) is 24.3 Å². The highest BCUT2D eigenvalue weighted by atomic mass is 35.5. The average molecular weight is 793 g/mol. The van der Waals surface area contributed by atoms with Gasteiger partial charge in [0.2, 0.25) is 11.8 Å². The Morgan fingerprint density at radius 2 is 1.80 bits per heavy atom. The minimum atomic E-state index is -1.53. The van der Waals surface area contributed by atoms with Crippen LogP contribution in [0.15, 0.2) is 41.5 Å². The molecule has 3 heterocycles. The summed E-state index contributed by atoms with van der Waals surface area (Å²) in [5.74, 6) is -0.932. The highest BCUT2D eigenvalue weighted by Gasteiger charge is 2.61. The predicted molar refractivity (Wildman–Crippen MR) is 206 cm³/mol. The Balaban J connectivity index is 1.20. The number of rotatable bonds is 13. The largest absolute Gasteiger partial charge is 0.495 e. The summed E-state index contributed by atoms with van der Waals surface area (Å²) in [7, 11) is 1.49. The zero-order valence-corrected chi connectivity index (χ0v) is 33.1. The number of hydrogen-bond acceptors (Lipinski definition) is 11. The van der Waals surface area contributed by atoms with Gasteiger partial charge in [0, 0.05) is 29.8 Å². The van der Waals surface area contributed by atoms with Crippen LogP contribution in [0.1, 0.15) is 66.7 Å². The zero-order valence-electron chi connectivity index (χ0n) is 32.4. The van der Waals surface area contributed by atoms with Gasteiger partial charge in [-0.3, -0.25) is 9.59 Å². The molecular weight excluding hydrogens is 744 g/mol. The van der Waals surface area contributed by atoms with Crippen molar-refractivity contribution in [2.24, 2.45) is 23.2 Å². The van der Waals surface area contributed by atoms with E-state index in [-0.39, 0.29) is 36.6 Å². The molecule has 2 unspecified atom stereocenters. The third-order valence-electron chi connectivity index (χ3n) is 11.3. The number of carboxylic acid groups (broad SMARTS) is 1. The number of alkyl carbamates (subject to hydrolysis) is 1. The van der Waals surface area contributed by atoms with Crippen molar-refractivity contribution in [3.8, 4) is 22.9 Å². The fourth-order valence-electron chi connectivity index (χ4n) is 8.05. The second-order valence-corrected chi connectivity index (χ2v) is 17.2. The third-order valence-corrected chi connectivity index (χ3v) is 11.6. The predicted octanol–water partition coefficient (Wildman–Crippen LogP) is 5.81. The van der Waals surface area contributed by atoms with E-state index in [1.165, 1.54) is 24.3 Å². The number of aromatic nitrogens is 2. The van der Waals surface area contributed by atoms with Crippen LogP contribution in [-0.4, -0.2) is 93.4 Å². The lowest BCUT2D eigenvalue weighted by Crippen LogP contribution is -2.59. The Morgan fingerprint density at radius 3 is 2.43 bits per heavy atom. The smallest absolute Gasteiger partial charge is 0.408 e. The van der Waals surface area contributed by atoms with Crippen molar-refractivity contribution < 1.29 is 42.9 Å². The van der Waals surface area contributed by atoms with Gasteiger partial charge in [-0.2, -0.15) is 4.98 Å². The number of nitrogens with zero attached hydrogens (tertiary/aromatic N) is 3. The molecule has 1 saturated heterocycles. The first kappa shape index (κ1) is 39.2. The van der Waals surface area contributed by atoms with Gasteiger partial charge in [-0.25, -0.2) is 14.6 Å². The van der Waals surface area contributed by atoms with Crippen molar-refractivity contribution in [1.82, 2.24) is 25.5 Å². The Bertz CT molecular complexity index is 2050. The lowest BCUT2D eigenvalue weighted by molar-refractivity contribution is -0.146. The van der Waals surface area contributed by atoms with Gasteiger partial charge in [-0.1, -0.05) is 38.4 Å². The monoisotopic (exact) mass is 792 g/mol. The summed E-state index contributed by atoms with van der Waals surface area (Å²) in [5.41, 5.74) is -1.19. The van der Waals surface area contributed by atoms with Crippen LogP contribution < -0.4 is 25.4 Å². The van der Waals surface area contributed by atoms with Crippen molar-refractivity contribution in [1.29, 1.82) is 0 Å². The van der Waals surface area contributed by atoms with Crippen molar-refractivity contribution in [3.05, 3.63) is 42.1 Å². The number of oxazole rings is 1. The molecule has 1 aliphatic heterocycles. The number of carbonyl (C=O) groups excluding carboxylic acids is 3. The van der Waals surface area contributed by atoms with Crippen LogP contribution in [0, 0.1) is 23.2 Å². The number of carbonyl (C=O) groups is 4. The molecule has 3 aliphatic carbocycles. The van der Waals surface area contributed by atoms with E-state index in [0.717, 1.165) is 19.3 Å². The van der Waals surface area contributed by atoms with E-state index in [4.69, 9.17) is 35.2 Å². The molecule has 15 nitrogen and oxygen atoms in total. The van der Waals surface area contributed by atoms with Crippen LogP contribution in [0.4, 0.5) is 10.8 Å². The maximum absolute atomic E-state index is 14.6. The zero-order chi connectivity index (χ0) is 40.3. The number of amides is 3. The van der Waals surface area contributed by atoms with E-state index in [2.05, 4.69) is 27.5 Å². The molecule has 3 saturated carbocycles. The SMILES string of the molecule is C=C[C@@H]1C[C@]1(NC(=O)[C@@H]1C[C@@H](Oc2cc(-c3coc(NC(C)C)n3)nc3c(Cl)c(OC)ccc23)CN1C(=O)C(NC(=O)OC1C[C@@H]2C[C@@H]2C1)C(C)(C)C)C(=O)O. The normalized spacial score (nSPS) is 27.0. The van der Waals surface area contributed by atoms with Gasteiger partial charge in [0.25, 0.3) is 6.01 Å². The molecule has 0 bridgehead atoms. The fraction of sp³-hybridized carbons (Fsp3) is 0.550. The summed E-state index contributed by atoms with van der Waals surface area (Å²) in [5, 5.41) is 19.5. The highest BCUT2D eigenvalue weighted by Crippen LogP contribution is 2.52. The van der Waals surface area contributed by atoms with Gasteiger partial charge in [-0.05, 0) is 68.9 Å². The molecule has 3 amide bonds. The van der Waals surface area contributed by atoms with Gasteiger partial charge in [0.05, 0.1) is 24.9 Å². The molecule has 4 N–H and O–H groups in total. The Morgan fingerprint density at radius 1 is 1.07 bits per heavy atom. The summed E-state index contributed by atoms with van der Waals surface area (Å²) in [4.78, 5) is 65.1. The minimum absolute atomic E-state index is 0.00758. The molecular formula is C40H49ClN6O9. The van der Waals surface area contributed by atoms with Crippen LogP contribution in [0.25, 0.3) is 22.3 Å². The first-order chi connectivity index (χ1) is 26.5. The van der Waals surface area contributed by atoms with Crippen molar-refractivity contribution >= 4 is 52.4 Å². The maximum Gasteiger partial charge on any atom is 0.408 e. The fourth-order valence-corrected chi connectivity index (χ4v) is 8.33. The van der Waals surface area contributed by atoms with Crippen LogP contribution in [0.3, 0.4) is 0 Å². The van der Waals surface area contributed by atoms with E-state index >= 15 is 0 Å². The number of benzene rings is 1. The summed E-state index contributed by atoms with van der Waals surface area (Å²) < 4.78 is 23.5. The number of anilines is 1. The molecule has 2 aromatic heterocycles. The molecule has 4 fully saturated rings. The van der Waals surface area contributed by atoms with Gasteiger partial charge in [0.1, 0.15) is 58.3 Å². The number of aliphatic carboxylic acids is 1. The molecule has 0 spiro atoms. The molecule has 8 atom stereocenters. The van der Waals surface area contributed by atoms with Crippen LogP contribution in [0.5, 0.6) is 11.5 Å². The summed E-state index contributed by atoms with van der Waals surface area (Å²) in [6, 6.07) is 3.25. The number of fused-ring (bicyclic) bond motifs is 2. The van der Waals surface area contributed by atoms with Crippen molar-refractivity contribution in [2.45, 2.75) is 103 Å². The molecule has 300 valence electrons. The van der Waals surface area contributed by atoms with Gasteiger partial charge in [0.15, 0.2) is 0 Å². The van der Waals surface area contributed by atoms with Crippen LogP contribution >= 0.6 is 11.6 Å².